The second-order valence-electron chi connectivity index (χ2n) is 6.22. The van der Waals surface area contributed by atoms with E-state index in [0.29, 0.717) is 18.2 Å². The van der Waals surface area contributed by atoms with E-state index in [1.165, 1.54) is 31.2 Å². The summed E-state index contributed by atoms with van der Waals surface area (Å²) in [5, 5.41) is 3.66. The molecule has 1 N–H and O–H groups in total. The molecule has 2 fully saturated rings. The minimum Gasteiger partial charge on any atom is -0.490 e. The van der Waals surface area contributed by atoms with Crippen molar-refractivity contribution in [1.82, 2.24) is 5.32 Å². The van der Waals surface area contributed by atoms with Crippen LogP contribution in [0.3, 0.4) is 0 Å². The smallest absolute Gasteiger partial charge is 0.119 e. The van der Waals surface area contributed by atoms with Crippen molar-refractivity contribution in [2.24, 2.45) is 0 Å². The van der Waals surface area contributed by atoms with E-state index >= 15 is 0 Å². The third-order valence-electron chi connectivity index (χ3n) is 4.27. The average Bonchev–Trinajstić information content (AvgIpc) is 3.34. The summed E-state index contributed by atoms with van der Waals surface area (Å²) in [6.45, 7) is 4.14. The lowest BCUT2D eigenvalue weighted by Gasteiger charge is -2.31. The Morgan fingerprint density at radius 2 is 2.00 bits per heavy atom. The van der Waals surface area contributed by atoms with Crippen molar-refractivity contribution in [2.75, 3.05) is 13.2 Å². The van der Waals surface area contributed by atoms with Gasteiger partial charge in [-0.3, -0.25) is 0 Å². The normalized spacial score (nSPS) is 23.8. The third kappa shape index (κ3) is 4.21. The molecule has 1 saturated carbocycles. The number of nitrogens with one attached hydrogen (secondary N) is 1. The van der Waals surface area contributed by atoms with Gasteiger partial charge in [-0.25, -0.2) is 0 Å². The van der Waals surface area contributed by atoms with E-state index < -0.39 is 0 Å². The number of benzene rings is 1. The van der Waals surface area contributed by atoms with Gasteiger partial charge in [-0.15, -0.1) is 0 Å². The second-order valence-corrected chi connectivity index (χ2v) is 6.22. The SMILES string of the molecule is CCCNC(c1ccc(OC2CC2)cc1)C1CCCCO1. The molecule has 1 aromatic rings. The van der Waals surface area contributed by atoms with Crippen LogP contribution in [0.2, 0.25) is 0 Å². The molecule has 1 aliphatic carbocycles. The van der Waals surface area contributed by atoms with Gasteiger partial charge in [0, 0.05) is 6.61 Å². The first-order valence-corrected chi connectivity index (χ1v) is 8.48. The number of rotatable bonds is 7. The molecule has 0 spiro atoms. The molecule has 1 saturated heterocycles. The summed E-state index contributed by atoms with van der Waals surface area (Å²) in [4.78, 5) is 0. The van der Waals surface area contributed by atoms with Crippen molar-refractivity contribution in [3.63, 3.8) is 0 Å². The van der Waals surface area contributed by atoms with Gasteiger partial charge in [-0.05, 0) is 62.8 Å². The van der Waals surface area contributed by atoms with Crippen LogP contribution >= 0.6 is 0 Å². The van der Waals surface area contributed by atoms with Gasteiger partial charge in [-0.1, -0.05) is 19.1 Å². The Kier molecular flexibility index (Phi) is 5.15. The van der Waals surface area contributed by atoms with Gasteiger partial charge in [0.05, 0.1) is 18.2 Å². The molecule has 1 heterocycles. The van der Waals surface area contributed by atoms with E-state index in [1.54, 1.807) is 0 Å². The highest BCUT2D eigenvalue weighted by molar-refractivity contribution is 5.30. The van der Waals surface area contributed by atoms with Gasteiger partial charge >= 0.3 is 0 Å². The minimum atomic E-state index is 0.306. The lowest BCUT2D eigenvalue weighted by Crippen LogP contribution is -2.36. The fourth-order valence-corrected chi connectivity index (χ4v) is 2.92. The Morgan fingerprint density at radius 3 is 2.62 bits per heavy atom. The highest BCUT2D eigenvalue weighted by atomic mass is 16.5. The Hall–Kier alpha value is -1.06. The van der Waals surface area contributed by atoms with Crippen molar-refractivity contribution >= 4 is 0 Å². The van der Waals surface area contributed by atoms with Gasteiger partial charge in [0.25, 0.3) is 0 Å². The summed E-state index contributed by atoms with van der Waals surface area (Å²) in [5.41, 5.74) is 1.32. The summed E-state index contributed by atoms with van der Waals surface area (Å²) in [6, 6.07) is 8.92. The van der Waals surface area contributed by atoms with Crippen LogP contribution in [0.1, 0.15) is 57.1 Å². The van der Waals surface area contributed by atoms with Crippen molar-refractivity contribution < 1.29 is 9.47 Å². The van der Waals surface area contributed by atoms with Crippen molar-refractivity contribution in [3.8, 4) is 5.75 Å². The van der Waals surface area contributed by atoms with Gasteiger partial charge in [-0.2, -0.15) is 0 Å². The summed E-state index contributed by atoms with van der Waals surface area (Å²) in [6.07, 6.45) is 7.96. The Bertz CT molecular complexity index is 421. The summed E-state index contributed by atoms with van der Waals surface area (Å²) < 4.78 is 11.8. The van der Waals surface area contributed by atoms with E-state index in [4.69, 9.17) is 9.47 Å². The minimum absolute atomic E-state index is 0.306. The third-order valence-corrected chi connectivity index (χ3v) is 4.27. The summed E-state index contributed by atoms with van der Waals surface area (Å²) in [7, 11) is 0. The topological polar surface area (TPSA) is 30.5 Å². The maximum atomic E-state index is 6.00. The van der Waals surface area contributed by atoms with Crippen LogP contribution in [0.4, 0.5) is 0 Å². The van der Waals surface area contributed by atoms with E-state index in [9.17, 15) is 0 Å². The number of hydrogen-bond acceptors (Lipinski definition) is 3. The maximum absolute atomic E-state index is 6.00. The van der Waals surface area contributed by atoms with E-state index in [1.807, 2.05) is 0 Å². The molecule has 3 nitrogen and oxygen atoms in total. The first kappa shape index (κ1) is 14.9. The molecule has 0 bridgehead atoms. The van der Waals surface area contributed by atoms with Crippen LogP contribution in [0.5, 0.6) is 5.75 Å². The molecule has 2 aliphatic rings. The highest BCUT2D eigenvalue weighted by Gasteiger charge is 2.26. The van der Waals surface area contributed by atoms with Crippen LogP contribution in [0.25, 0.3) is 0 Å². The van der Waals surface area contributed by atoms with Crippen LogP contribution < -0.4 is 10.1 Å². The molecule has 116 valence electrons. The van der Waals surface area contributed by atoms with Crippen LogP contribution in [0.15, 0.2) is 24.3 Å². The molecular weight excluding hydrogens is 262 g/mol. The first-order chi connectivity index (χ1) is 10.4. The standard InChI is InChI=1S/C18H27NO2/c1-2-12-19-18(17-5-3-4-13-20-17)14-6-8-15(9-7-14)21-16-10-11-16/h6-9,16-19H,2-5,10-13H2,1H3. The van der Waals surface area contributed by atoms with Crippen LogP contribution in [-0.4, -0.2) is 25.4 Å². The Balaban J connectivity index is 1.67. The molecule has 2 atom stereocenters. The lowest BCUT2D eigenvalue weighted by molar-refractivity contribution is -0.00816. The summed E-state index contributed by atoms with van der Waals surface area (Å²) >= 11 is 0. The van der Waals surface area contributed by atoms with E-state index in [0.717, 1.165) is 31.7 Å². The van der Waals surface area contributed by atoms with Crippen molar-refractivity contribution in [1.29, 1.82) is 0 Å². The quantitative estimate of drug-likeness (QED) is 0.827. The van der Waals surface area contributed by atoms with Gasteiger partial charge in [0.15, 0.2) is 0 Å². The zero-order chi connectivity index (χ0) is 14.5. The molecule has 0 amide bonds. The van der Waals surface area contributed by atoms with Crippen LogP contribution in [0, 0.1) is 0 Å². The molecule has 2 unspecified atom stereocenters. The van der Waals surface area contributed by atoms with Crippen molar-refractivity contribution in [2.45, 2.75) is 63.7 Å². The average molecular weight is 289 g/mol. The number of ether oxygens (including phenoxy) is 2. The molecule has 1 aliphatic heterocycles. The maximum Gasteiger partial charge on any atom is 0.119 e. The molecule has 0 radical (unpaired) electrons. The lowest BCUT2D eigenvalue weighted by atomic mass is 9.95. The first-order valence-electron chi connectivity index (χ1n) is 8.48. The molecule has 3 heteroatoms. The summed E-state index contributed by atoms with van der Waals surface area (Å²) in [5.74, 6) is 1.00. The molecule has 3 rings (SSSR count). The number of hydrogen-bond donors (Lipinski definition) is 1. The molecule has 21 heavy (non-hydrogen) atoms. The van der Waals surface area contributed by atoms with Gasteiger partial charge in [0.1, 0.15) is 5.75 Å². The van der Waals surface area contributed by atoms with Crippen LogP contribution in [-0.2, 0) is 4.74 Å². The molecule has 1 aromatic carbocycles. The van der Waals surface area contributed by atoms with Gasteiger partial charge < -0.3 is 14.8 Å². The zero-order valence-corrected chi connectivity index (χ0v) is 13.0. The predicted molar refractivity (Wildman–Crippen MR) is 84.7 cm³/mol. The van der Waals surface area contributed by atoms with Crippen molar-refractivity contribution in [3.05, 3.63) is 29.8 Å². The highest BCUT2D eigenvalue weighted by Crippen LogP contribution is 2.30. The monoisotopic (exact) mass is 289 g/mol. The fourth-order valence-electron chi connectivity index (χ4n) is 2.92. The Morgan fingerprint density at radius 1 is 1.19 bits per heavy atom. The van der Waals surface area contributed by atoms with Gasteiger partial charge in [0.2, 0.25) is 0 Å². The zero-order valence-electron chi connectivity index (χ0n) is 13.0. The second kappa shape index (κ2) is 7.28. The van der Waals surface area contributed by atoms with E-state index in [2.05, 4.69) is 36.5 Å². The molecular formula is C18H27NO2. The largest absolute Gasteiger partial charge is 0.490 e. The Labute approximate surface area is 128 Å². The fraction of sp³-hybridized carbons (Fsp3) is 0.667. The predicted octanol–water partition coefficient (Wildman–Crippen LogP) is 3.84. The molecule has 0 aromatic heterocycles. The van der Waals surface area contributed by atoms with E-state index in [-0.39, 0.29) is 0 Å².